The normalized spacial score (nSPS) is 13.5. The van der Waals surface area contributed by atoms with Crippen LogP contribution in [0.1, 0.15) is 18.1 Å². The van der Waals surface area contributed by atoms with E-state index in [1.165, 1.54) is 6.08 Å². The van der Waals surface area contributed by atoms with Crippen LogP contribution in [-0.4, -0.2) is 5.11 Å². The molecule has 0 unspecified atom stereocenters. The van der Waals surface area contributed by atoms with Gasteiger partial charge in [0.05, 0.1) is 12.4 Å². The SMILES string of the molecule is O[C@@H](C/C=C\F)c1ccc(Br)cc1. The van der Waals surface area contributed by atoms with Crippen LogP contribution in [0.15, 0.2) is 41.1 Å². The van der Waals surface area contributed by atoms with Crippen LogP contribution in [0.2, 0.25) is 0 Å². The highest BCUT2D eigenvalue weighted by Crippen LogP contribution is 2.19. The van der Waals surface area contributed by atoms with Gasteiger partial charge < -0.3 is 5.11 Å². The molecule has 0 aliphatic heterocycles. The first-order valence-corrected chi connectivity index (χ1v) is 4.72. The third kappa shape index (κ3) is 3.28. The Hall–Kier alpha value is -0.670. The third-order valence-corrected chi connectivity index (χ3v) is 2.23. The number of halogens is 2. The van der Waals surface area contributed by atoms with E-state index in [4.69, 9.17) is 0 Å². The molecule has 0 saturated heterocycles. The van der Waals surface area contributed by atoms with Gasteiger partial charge in [-0.2, -0.15) is 0 Å². The van der Waals surface area contributed by atoms with Crippen LogP contribution in [0, 0.1) is 0 Å². The quantitative estimate of drug-likeness (QED) is 0.865. The summed E-state index contributed by atoms with van der Waals surface area (Å²) in [7, 11) is 0. The minimum absolute atomic E-state index is 0.304. The van der Waals surface area contributed by atoms with E-state index in [0.29, 0.717) is 12.8 Å². The average Bonchev–Trinajstić information content (AvgIpc) is 2.15. The second kappa shape index (κ2) is 5.14. The van der Waals surface area contributed by atoms with E-state index in [0.717, 1.165) is 10.0 Å². The summed E-state index contributed by atoms with van der Waals surface area (Å²) in [6.45, 7) is 0. The summed E-state index contributed by atoms with van der Waals surface area (Å²) in [4.78, 5) is 0. The Morgan fingerprint density at radius 3 is 2.54 bits per heavy atom. The lowest BCUT2D eigenvalue weighted by atomic mass is 10.1. The highest BCUT2D eigenvalue weighted by molar-refractivity contribution is 9.10. The molecule has 0 aliphatic carbocycles. The Kier molecular flexibility index (Phi) is 4.12. The second-order valence-electron chi connectivity index (χ2n) is 2.66. The maximum atomic E-state index is 11.6. The summed E-state index contributed by atoms with van der Waals surface area (Å²) in [5.41, 5.74) is 0.793. The molecule has 0 fully saturated rings. The van der Waals surface area contributed by atoms with Gasteiger partial charge in [0.25, 0.3) is 0 Å². The van der Waals surface area contributed by atoms with Crippen molar-refractivity contribution in [3.05, 3.63) is 46.7 Å². The first-order chi connectivity index (χ1) is 6.24. The molecule has 0 aliphatic rings. The lowest BCUT2D eigenvalue weighted by molar-refractivity contribution is 0.181. The molecule has 70 valence electrons. The van der Waals surface area contributed by atoms with Crippen molar-refractivity contribution >= 4 is 15.9 Å². The lowest BCUT2D eigenvalue weighted by Gasteiger charge is -2.07. The largest absolute Gasteiger partial charge is 0.388 e. The predicted octanol–water partition coefficient (Wildman–Crippen LogP) is 3.36. The molecule has 0 heterocycles. The molecule has 1 aromatic carbocycles. The van der Waals surface area contributed by atoms with E-state index in [1.807, 2.05) is 12.1 Å². The Balaban J connectivity index is 2.66. The third-order valence-electron chi connectivity index (χ3n) is 1.70. The van der Waals surface area contributed by atoms with Gasteiger partial charge in [-0.1, -0.05) is 34.1 Å². The standard InChI is InChI=1S/C10H10BrFO/c11-9-5-3-8(4-6-9)10(13)2-1-7-12/h1,3-7,10,13H,2H2/b7-1-/t10-/m0/s1. The molecule has 0 spiro atoms. The summed E-state index contributed by atoms with van der Waals surface area (Å²) in [5, 5.41) is 9.51. The fourth-order valence-corrected chi connectivity index (χ4v) is 1.27. The van der Waals surface area contributed by atoms with Crippen LogP contribution in [0.4, 0.5) is 4.39 Å². The van der Waals surface area contributed by atoms with E-state index < -0.39 is 6.10 Å². The molecular formula is C10H10BrFO. The van der Waals surface area contributed by atoms with Crippen molar-refractivity contribution < 1.29 is 9.50 Å². The Morgan fingerprint density at radius 2 is 2.00 bits per heavy atom. The molecular weight excluding hydrogens is 235 g/mol. The van der Waals surface area contributed by atoms with Crippen molar-refractivity contribution in [2.45, 2.75) is 12.5 Å². The molecule has 1 nitrogen and oxygen atoms in total. The van der Waals surface area contributed by atoms with Gasteiger partial charge >= 0.3 is 0 Å². The molecule has 0 saturated carbocycles. The summed E-state index contributed by atoms with van der Waals surface area (Å²) in [5.74, 6) is 0. The van der Waals surface area contributed by atoms with Crippen LogP contribution < -0.4 is 0 Å². The minimum Gasteiger partial charge on any atom is -0.388 e. The van der Waals surface area contributed by atoms with Crippen LogP contribution >= 0.6 is 15.9 Å². The molecule has 0 amide bonds. The van der Waals surface area contributed by atoms with Gasteiger partial charge in [0, 0.05) is 4.47 Å². The van der Waals surface area contributed by atoms with E-state index in [-0.39, 0.29) is 0 Å². The Morgan fingerprint density at radius 1 is 1.38 bits per heavy atom. The molecule has 1 rings (SSSR count). The number of aliphatic hydroxyl groups is 1. The first-order valence-electron chi connectivity index (χ1n) is 3.93. The topological polar surface area (TPSA) is 20.2 Å². The van der Waals surface area contributed by atoms with Gasteiger partial charge in [0.15, 0.2) is 0 Å². The van der Waals surface area contributed by atoms with Gasteiger partial charge in [-0.3, -0.25) is 0 Å². The fraction of sp³-hybridized carbons (Fsp3) is 0.200. The van der Waals surface area contributed by atoms with Crippen molar-refractivity contribution in [2.24, 2.45) is 0 Å². The van der Waals surface area contributed by atoms with E-state index >= 15 is 0 Å². The monoisotopic (exact) mass is 244 g/mol. The number of aliphatic hydroxyl groups excluding tert-OH is 1. The van der Waals surface area contributed by atoms with E-state index in [9.17, 15) is 9.50 Å². The number of rotatable bonds is 3. The molecule has 0 radical (unpaired) electrons. The van der Waals surface area contributed by atoms with Crippen LogP contribution in [0.3, 0.4) is 0 Å². The van der Waals surface area contributed by atoms with E-state index in [1.54, 1.807) is 12.1 Å². The zero-order valence-corrected chi connectivity index (χ0v) is 8.54. The first kappa shape index (κ1) is 10.4. The van der Waals surface area contributed by atoms with E-state index in [2.05, 4.69) is 15.9 Å². The zero-order chi connectivity index (χ0) is 9.68. The Bertz CT molecular complexity index is 281. The lowest BCUT2D eigenvalue weighted by Crippen LogP contribution is -1.94. The smallest absolute Gasteiger partial charge is 0.0828 e. The number of hydrogen-bond donors (Lipinski definition) is 1. The van der Waals surface area contributed by atoms with Crippen molar-refractivity contribution in [1.82, 2.24) is 0 Å². The minimum atomic E-state index is -0.625. The summed E-state index contributed by atoms with van der Waals surface area (Å²) in [6, 6.07) is 7.30. The van der Waals surface area contributed by atoms with Crippen molar-refractivity contribution in [3.8, 4) is 0 Å². The maximum Gasteiger partial charge on any atom is 0.0828 e. The van der Waals surface area contributed by atoms with Gasteiger partial charge in [-0.25, -0.2) is 4.39 Å². The fourth-order valence-electron chi connectivity index (χ4n) is 1.00. The van der Waals surface area contributed by atoms with Gasteiger partial charge in [0.1, 0.15) is 0 Å². The van der Waals surface area contributed by atoms with Crippen LogP contribution in [0.5, 0.6) is 0 Å². The van der Waals surface area contributed by atoms with Crippen molar-refractivity contribution in [3.63, 3.8) is 0 Å². The molecule has 0 aromatic heterocycles. The summed E-state index contributed by atoms with van der Waals surface area (Å²) < 4.78 is 12.6. The second-order valence-corrected chi connectivity index (χ2v) is 3.58. The molecule has 0 bridgehead atoms. The highest BCUT2D eigenvalue weighted by Gasteiger charge is 2.04. The Labute approximate surface area is 85.0 Å². The molecule has 3 heteroatoms. The maximum absolute atomic E-state index is 11.6. The summed E-state index contributed by atoms with van der Waals surface area (Å²) >= 11 is 3.29. The highest BCUT2D eigenvalue weighted by atomic mass is 79.9. The summed E-state index contributed by atoms with van der Waals surface area (Å²) in [6.07, 6.45) is 1.42. The van der Waals surface area contributed by atoms with Crippen LogP contribution in [-0.2, 0) is 0 Å². The predicted molar refractivity (Wildman–Crippen MR) is 54.0 cm³/mol. The molecule has 1 atom stereocenters. The number of hydrogen-bond acceptors (Lipinski definition) is 1. The average molecular weight is 245 g/mol. The number of benzene rings is 1. The van der Waals surface area contributed by atoms with Crippen LogP contribution in [0.25, 0.3) is 0 Å². The zero-order valence-electron chi connectivity index (χ0n) is 6.95. The van der Waals surface area contributed by atoms with Gasteiger partial charge in [-0.15, -0.1) is 0 Å². The molecule has 13 heavy (non-hydrogen) atoms. The van der Waals surface area contributed by atoms with Gasteiger partial charge in [-0.05, 0) is 24.1 Å². The molecule has 1 aromatic rings. The van der Waals surface area contributed by atoms with Gasteiger partial charge in [0.2, 0.25) is 0 Å². The van der Waals surface area contributed by atoms with Crippen molar-refractivity contribution in [2.75, 3.05) is 0 Å². The molecule has 1 N–H and O–H groups in total. The van der Waals surface area contributed by atoms with Crippen molar-refractivity contribution in [1.29, 1.82) is 0 Å².